The number of carbonyl (C=O) groups excluding carboxylic acids is 2. The van der Waals surface area contributed by atoms with Crippen molar-refractivity contribution in [3.63, 3.8) is 0 Å². The largest absolute Gasteiger partial charge is 0.352 e. The number of nitrogens with one attached hydrogen (secondary N) is 1. The second-order valence-electron chi connectivity index (χ2n) is 9.96. The van der Waals surface area contributed by atoms with Crippen molar-refractivity contribution >= 4 is 50.7 Å². The Morgan fingerprint density at radius 1 is 0.900 bits per heavy atom. The van der Waals surface area contributed by atoms with Gasteiger partial charge in [-0.3, -0.25) is 13.9 Å². The minimum atomic E-state index is -4.21. The van der Waals surface area contributed by atoms with Gasteiger partial charge in [0.25, 0.3) is 10.0 Å². The highest BCUT2D eigenvalue weighted by atomic mass is 35.5. The number of aryl methyl sites for hydroxylation is 2. The van der Waals surface area contributed by atoms with E-state index in [2.05, 4.69) is 5.32 Å². The predicted molar refractivity (Wildman–Crippen MR) is 161 cm³/mol. The van der Waals surface area contributed by atoms with Crippen molar-refractivity contribution in [1.29, 1.82) is 0 Å². The van der Waals surface area contributed by atoms with Crippen LogP contribution in [-0.2, 0) is 26.2 Å². The molecule has 3 aromatic rings. The van der Waals surface area contributed by atoms with E-state index >= 15 is 0 Å². The first-order chi connectivity index (χ1) is 18.8. The van der Waals surface area contributed by atoms with Gasteiger partial charge in [0.15, 0.2) is 0 Å². The number of amides is 2. The van der Waals surface area contributed by atoms with E-state index in [0.717, 1.165) is 27.4 Å². The summed E-state index contributed by atoms with van der Waals surface area (Å²) in [4.78, 5) is 28.5. The van der Waals surface area contributed by atoms with Gasteiger partial charge in [0.2, 0.25) is 11.8 Å². The molecule has 0 aliphatic heterocycles. The molecule has 0 bridgehead atoms. The van der Waals surface area contributed by atoms with Crippen LogP contribution in [0, 0.1) is 13.8 Å². The van der Waals surface area contributed by atoms with Crippen molar-refractivity contribution in [2.24, 2.45) is 0 Å². The first kappa shape index (κ1) is 31.5. The van der Waals surface area contributed by atoms with Crippen LogP contribution in [0.5, 0.6) is 0 Å². The third-order valence-corrected chi connectivity index (χ3v) is 8.85. The Morgan fingerprint density at radius 3 is 2.10 bits per heavy atom. The third kappa shape index (κ3) is 7.99. The van der Waals surface area contributed by atoms with Gasteiger partial charge in [-0.2, -0.15) is 0 Å². The predicted octanol–water partition coefficient (Wildman–Crippen LogP) is 6.14. The monoisotopic (exact) mass is 603 g/mol. The molecule has 214 valence electrons. The molecule has 3 rings (SSSR count). The average Bonchev–Trinajstić information content (AvgIpc) is 2.89. The molecule has 40 heavy (non-hydrogen) atoms. The van der Waals surface area contributed by atoms with Crippen LogP contribution in [0.2, 0.25) is 10.0 Å². The van der Waals surface area contributed by atoms with Crippen molar-refractivity contribution in [3.05, 3.63) is 93.5 Å². The molecular formula is C30H35Cl2N3O4S. The van der Waals surface area contributed by atoms with E-state index in [-0.39, 0.29) is 39.1 Å². The zero-order valence-corrected chi connectivity index (χ0v) is 25.6. The number of carbonyl (C=O) groups is 2. The SMILES string of the molecule is CC[C@H](C)NC(=O)[C@H](C)N(Cc1cccc(C)c1)C(=O)CN(c1cc(Cl)cc(Cl)c1)S(=O)(=O)c1ccc(C)cc1. The van der Waals surface area contributed by atoms with Crippen LogP contribution in [0.1, 0.15) is 43.9 Å². The van der Waals surface area contributed by atoms with E-state index in [1.165, 1.54) is 35.2 Å². The minimum Gasteiger partial charge on any atom is -0.352 e. The number of rotatable bonds is 11. The van der Waals surface area contributed by atoms with E-state index in [0.29, 0.717) is 0 Å². The molecule has 0 aliphatic rings. The molecule has 0 fully saturated rings. The smallest absolute Gasteiger partial charge is 0.264 e. The second kappa shape index (κ2) is 13.5. The number of halogens is 2. The van der Waals surface area contributed by atoms with Crippen LogP contribution < -0.4 is 9.62 Å². The van der Waals surface area contributed by atoms with Gasteiger partial charge >= 0.3 is 0 Å². The van der Waals surface area contributed by atoms with Crippen molar-refractivity contribution in [3.8, 4) is 0 Å². The molecule has 0 unspecified atom stereocenters. The van der Waals surface area contributed by atoms with E-state index in [1.807, 2.05) is 52.0 Å². The number of benzene rings is 3. The van der Waals surface area contributed by atoms with Crippen LogP contribution in [0.25, 0.3) is 0 Å². The molecule has 0 aliphatic carbocycles. The molecular weight excluding hydrogens is 569 g/mol. The van der Waals surface area contributed by atoms with Gasteiger partial charge in [-0.25, -0.2) is 8.42 Å². The van der Waals surface area contributed by atoms with Crippen LogP contribution in [0.3, 0.4) is 0 Å². The number of anilines is 1. The Balaban J connectivity index is 2.06. The van der Waals surface area contributed by atoms with Gasteiger partial charge in [-0.1, -0.05) is 77.7 Å². The molecule has 0 aromatic heterocycles. The topological polar surface area (TPSA) is 86.8 Å². The maximum atomic E-state index is 14.0. The molecule has 7 nitrogen and oxygen atoms in total. The number of hydrogen-bond donors (Lipinski definition) is 1. The molecule has 2 amide bonds. The summed E-state index contributed by atoms with van der Waals surface area (Å²) in [6, 6.07) is 17.4. The number of hydrogen-bond acceptors (Lipinski definition) is 4. The highest BCUT2D eigenvalue weighted by Gasteiger charge is 2.33. The summed E-state index contributed by atoms with van der Waals surface area (Å²) in [6.07, 6.45) is 0.725. The van der Waals surface area contributed by atoms with Gasteiger partial charge in [-0.05, 0) is 70.0 Å². The van der Waals surface area contributed by atoms with Crippen LogP contribution in [0.15, 0.2) is 71.6 Å². The summed E-state index contributed by atoms with van der Waals surface area (Å²) < 4.78 is 28.8. The van der Waals surface area contributed by atoms with Crippen LogP contribution in [-0.4, -0.2) is 43.8 Å². The van der Waals surface area contributed by atoms with E-state index < -0.39 is 28.5 Å². The Hall–Kier alpha value is -3.07. The summed E-state index contributed by atoms with van der Waals surface area (Å²) >= 11 is 12.5. The average molecular weight is 605 g/mol. The third-order valence-electron chi connectivity index (χ3n) is 6.63. The zero-order chi connectivity index (χ0) is 29.6. The lowest BCUT2D eigenvalue weighted by molar-refractivity contribution is -0.139. The minimum absolute atomic E-state index is 0.00907. The highest BCUT2D eigenvalue weighted by Crippen LogP contribution is 2.30. The van der Waals surface area contributed by atoms with Crippen molar-refractivity contribution in [1.82, 2.24) is 10.2 Å². The summed E-state index contributed by atoms with van der Waals surface area (Å²) in [5, 5.41) is 3.36. The first-order valence-electron chi connectivity index (χ1n) is 13.0. The van der Waals surface area contributed by atoms with Crippen molar-refractivity contribution in [2.45, 2.75) is 64.6 Å². The lowest BCUT2D eigenvalue weighted by atomic mass is 10.1. The number of nitrogens with zero attached hydrogens (tertiary/aromatic N) is 2. The Morgan fingerprint density at radius 2 is 1.52 bits per heavy atom. The summed E-state index contributed by atoms with van der Waals surface area (Å²) in [6.45, 7) is 8.81. The summed E-state index contributed by atoms with van der Waals surface area (Å²) in [5.41, 5.74) is 2.84. The Kier molecular flexibility index (Phi) is 10.6. The lowest BCUT2D eigenvalue weighted by Gasteiger charge is -2.32. The normalized spacial score (nSPS) is 12.9. The fraction of sp³-hybridized carbons (Fsp3) is 0.333. The number of sulfonamides is 1. The Bertz CT molecular complexity index is 1440. The molecule has 0 saturated heterocycles. The lowest BCUT2D eigenvalue weighted by Crippen LogP contribution is -2.52. The highest BCUT2D eigenvalue weighted by molar-refractivity contribution is 7.92. The molecule has 0 heterocycles. The molecule has 1 N–H and O–H groups in total. The quantitative estimate of drug-likeness (QED) is 0.285. The van der Waals surface area contributed by atoms with E-state index in [4.69, 9.17) is 23.2 Å². The molecule has 0 saturated carbocycles. The molecule has 3 aromatic carbocycles. The van der Waals surface area contributed by atoms with Gasteiger partial charge in [-0.15, -0.1) is 0 Å². The zero-order valence-electron chi connectivity index (χ0n) is 23.3. The van der Waals surface area contributed by atoms with Gasteiger partial charge in [0, 0.05) is 22.6 Å². The van der Waals surface area contributed by atoms with E-state index in [1.54, 1.807) is 19.1 Å². The fourth-order valence-electron chi connectivity index (χ4n) is 4.10. The fourth-order valence-corrected chi connectivity index (χ4v) is 6.02. The van der Waals surface area contributed by atoms with Gasteiger partial charge in [0.05, 0.1) is 10.6 Å². The van der Waals surface area contributed by atoms with Gasteiger partial charge < -0.3 is 10.2 Å². The van der Waals surface area contributed by atoms with Crippen LogP contribution in [0.4, 0.5) is 5.69 Å². The maximum Gasteiger partial charge on any atom is 0.264 e. The van der Waals surface area contributed by atoms with Crippen molar-refractivity contribution in [2.75, 3.05) is 10.8 Å². The molecule has 0 spiro atoms. The molecule has 0 radical (unpaired) electrons. The van der Waals surface area contributed by atoms with E-state index in [9.17, 15) is 18.0 Å². The van der Waals surface area contributed by atoms with Crippen molar-refractivity contribution < 1.29 is 18.0 Å². The van der Waals surface area contributed by atoms with Gasteiger partial charge in [0.1, 0.15) is 12.6 Å². The standard InChI is InChI=1S/C30H35Cl2N3O4S/c1-6-22(4)33-30(37)23(5)34(18-24-9-7-8-21(3)14-24)29(36)19-35(27-16-25(31)15-26(32)17-27)40(38,39)28-12-10-20(2)11-13-28/h7-17,22-23H,6,18-19H2,1-5H3,(H,33,37)/t22-,23-/m0/s1. The summed E-state index contributed by atoms with van der Waals surface area (Å²) in [5.74, 6) is -0.880. The first-order valence-corrected chi connectivity index (χ1v) is 15.2. The maximum absolute atomic E-state index is 14.0. The molecule has 10 heteroatoms. The van der Waals surface area contributed by atoms with Crippen LogP contribution >= 0.6 is 23.2 Å². The second-order valence-corrected chi connectivity index (χ2v) is 12.7. The summed E-state index contributed by atoms with van der Waals surface area (Å²) in [7, 11) is -4.21. The molecule has 2 atom stereocenters. The Labute approximate surface area is 247 Å².